The molecule has 2 aliphatic rings. The van der Waals surface area contributed by atoms with E-state index in [4.69, 9.17) is 12.2 Å². The minimum absolute atomic E-state index is 0.0873. The first kappa shape index (κ1) is 13.0. The molecule has 0 bridgehead atoms. The summed E-state index contributed by atoms with van der Waals surface area (Å²) in [5.74, 6) is 1.12. The van der Waals surface area contributed by atoms with Crippen LogP contribution in [0.1, 0.15) is 5.82 Å². The molecule has 2 atom stereocenters. The minimum Gasteiger partial charge on any atom is -0.357 e. The molecule has 2 N–H and O–H groups in total. The molecule has 3 heterocycles. The van der Waals surface area contributed by atoms with Crippen LogP contribution < -0.4 is 5.32 Å². The van der Waals surface area contributed by atoms with Gasteiger partial charge in [-0.05, 0) is 24.4 Å². The van der Waals surface area contributed by atoms with Crippen LogP contribution in [0.5, 0.6) is 0 Å². The third kappa shape index (κ3) is 2.18. The van der Waals surface area contributed by atoms with Crippen LogP contribution in [0.3, 0.4) is 0 Å². The maximum atomic E-state index is 11.8. The lowest BCUT2D eigenvalue weighted by Gasteiger charge is -2.21. The third-order valence-electron chi connectivity index (χ3n) is 4.05. The Labute approximate surface area is 127 Å². The van der Waals surface area contributed by atoms with Gasteiger partial charge < -0.3 is 15.2 Å². The molecule has 4 rings (SSSR count). The van der Waals surface area contributed by atoms with Crippen molar-refractivity contribution in [3.05, 3.63) is 30.1 Å². The van der Waals surface area contributed by atoms with Crippen molar-refractivity contribution in [1.82, 2.24) is 20.2 Å². The van der Waals surface area contributed by atoms with Crippen molar-refractivity contribution < 1.29 is 8.42 Å². The van der Waals surface area contributed by atoms with E-state index in [2.05, 4.69) is 15.3 Å². The minimum atomic E-state index is -2.97. The fraction of sp³-hybridized carbons (Fsp3) is 0.385. The number of fused-ring (bicyclic) bond motifs is 2. The summed E-state index contributed by atoms with van der Waals surface area (Å²) in [6, 6.07) is 7.62. The molecular formula is C13H14N4O2S2. The fourth-order valence-electron chi connectivity index (χ4n) is 3.10. The number of rotatable bonds is 2. The first-order valence-electron chi connectivity index (χ1n) is 6.73. The van der Waals surface area contributed by atoms with E-state index in [0.29, 0.717) is 11.7 Å². The van der Waals surface area contributed by atoms with E-state index in [-0.39, 0.29) is 23.6 Å². The van der Waals surface area contributed by atoms with E-state index >= 15 is 0 Å². The number of hydrogen-bond donors (Lipinski definition) is 2. The van der Waals surface area contributed by atoms with Crippen LogP contribution in [0.2, 0.25) is 0 Å². The zero-order chi connectivity index (χ0) is 14.6. The first-order valence-corrected chi connectivity index (χ1v) is 8.96. The highest BCUT2D eigenvalue weighted by molar-refractivity contribution is 7.91. The Kier molecular flexibility index (Phi) is 2.74. The second kappa shape index (κ2) is 4.41. The van der Waals surface area contributed by atoms with Crippen molar-refractivity contribution in [2.45, 2.75) is 18.6 Å². The molecule has 0 aliphatic carbocycles. The Morgan fingerprint density at radius 2 is 2.14 bits per heavy atom. The van der Waals surface area contributed by atoms with Crippen molar-refractivity contribution in [2.24, 2.45) is 0 Å². The summed E-state index contributed by atoms with van der Waals surface area (Å²) in [5.41, 5.74) is 1.88. The largest absolute Gasteiger partial charge is 0.357 e. The molecule has 2 saturated heterocycles. The summed E-state index contributed by atoms with van der Waals surface area (Å²) in [6.45, 7) is 0.497. The van der Waals surface area contributed by atoms with E-state index in [1.807, 2.05) is 29.2 Å². The number of H-pyrrole nitrogens is 1. The molecule has 1 aromatic heterocycles. The summed E-state index contributed by atoms with van der Waals surface area (Å²) in [4.78, 5) is 9.71. The topological polar surface area (TPSA) is 78.1 Å². The molecule has 110 valence electrons. The van der Waals surface area contributed by atoms with Gasteiger partial charge in [-0.2, -0.15) is 0 Å². The molecule has 6 nitrogen and oxygen atoms in total. The molecule has 8 heteroatoms. The molecule has 0 spiro atoms. The average Bonchev–Trinajstić information content (AvgIpc) is 3.02. The Morgan fingerprint density at radius 1 is 1.33 bits per heavy atom. The average molecular weight is 322 g/mol. The van der Waals surface area contributed by atoms with Gasteiger partial charge in [0.15, 0.2) is 14.9 Å². The lowest BCUT2D eigenvalue weighted by Crippen LogP contribution is -2.36. The van der Waals surface area contributed by atoms with Crippen molar-refractivity contribution in [3.63, 3.8) is 0 Å². The molecule has 2 aliphatic heterocycles. The van der Waals surface area contributed by atoms with Crippen LogP contribution in [0.15, 0.2) is 24.3 Å². The molecule has 0 saturated carbocycles. The molecule has 0 unspecified atom stereocenters. The molecule has 1 aromatic carbocycles. The molecule has 0 amide bonds. The number of thiocarbonyl (C=S) groups is 1. The summed E-state index contributed by atoms with van der Waals surface area (Å²) >= 11 is 5.33. The number of imidazole rings is 1. The Morgan fingerprint density at radius 3 is 2.95 bits per heavy atom. The smallest absolute Gasteiger partial charge is 0.170 e. The lowest BCUT2D eigenvalue weighted by atomic mass is 10.2. The van der Waals surface area contributed by atoms with Crippen molar-refractivity contribution in [2.75, 3.05) is 11.5 Å². The monoisotopic (exact) mass is 322 g/mol. The Hall–Kier alpha value is -1.67. The van der Waals surface area contributed by atoms with Crippen molar-refractivity contribution >= 4 is 38.2 Å². The fourth-order valence-corrected chi connectivity index (χ4v) is 5.37. The number of hydrogen-bond acceptors (Lipinski definition) is 4. The number of sulfone groups is 1. The Bertz CT molecular complexity index is 797. The normalized spacial score (nSPS) is 27.0. The van der Waals surface area contributed by atoms with Gasteiger partial charge in [-0.25, -0.2) is 13.4 Å². The van der Waals surface area contributed by atoms with Crippen LogP contribution in [-0.2, 0) is 16.4 Å². The van der Waals surface area contributed by atoms with Gasteiger partial charge in [-0.15, -0.1) is 0 Å². The van der Waals surface area contributed by atoms with E-state index < -0.39 is 9.84 Å². The van der Waals surface area contributed by atoms with Gasteiger partial charge in [0, 0.05) is 0 Å². The summed E-state index contributed by atoms with van der Waals surface area (Å²) in [6.07, 6.45) is 0. The third-order valence-corrected chi connectivity index (χ3v) is 6.12. The van der Waals surface area contributed by atoms with Crippen molar-refractivity contribution in [3.8, 4) is 0 Å². The van der Waals surface area contributed by atoms with E-state index in [1.165, 1.54) is 0 Å². The van der Waals surface area contributed by atoms with Gasteiger partial charge in [-0.1, -0.05) is 12.1 Å². The highest BCUT2D eigenvalue weighted by Crippen LogP contribution is 2.25. The second-order valence-corrected chi connectivity index (χ2v) is 8.07. The van der Waals surface area contributed by atoms with Gasteiger partial charge in [0.1, 0.15) is 5.82 Å². The number of nitrogens with zero attached hydrogens (tertiary/aromatic N) is 2. The number of para-hydroxylation sites is 2. The van der Waals surface area contributed by atoms with Gasteiger partial charge in [0.25, 0.3) is 0 Å². The van der Waals surface area contributed by atoms with Gasteiger partial charge in [0.2, 0.25) is 0 Å². The first-order chi connectivity index (χ1) is 10.0. The predicted molar refractivity (Wildman–Crippen MR) is 83.6 cm³/mol. The summed E-state index contributed by atoms with van der Waals surface area (Å²) < 4.78 is 23.5. The highest BCUT2D eigenvalue weighted by atomic mass is 32.2. The van der Waals surface area contributed by atoms with Crippen LogP contribution >= 0.6 is 12.2 Å². The van der Waals surface area contributed by atoms with Gasteiger partial charge >= 0.3 is 0 Å². The Balaban J connectivity index is 1.62. The number of aromatic nitrogens is 2. The quantitative estimate of drug-likeness (QED) is 0.780. The van der Waals surface area contributed by atoms with Crippen LogP contribution in [0.25, 0.3) is 11.0 Å². The van der Waals surface area contributed by atoms with E-state index in [9.17, 15) is 8.42 Å². The highest BCUT2D eigenvalue weighted by Gasteiger charge is 2.47. The van der Waals surface area contributed by atoms with Crippen LogP contribution in [0, 0.1) is 0 Å². The molecule has 0 radical (unpaired) electrons. The predicted octanol–water partition coefficient (Wildman–Crippen LogP) is 0.419. The maximum Gasteiger partial charge on any atom is 0.170 e. The molecule has 2 fully saturated rings. The van der Waals surface area contributed by atoms with E-state index in [0.717, 1.165) is 16.9 Å². The second-order valence-electron chi connectivity index (χ2n) is 5.53. The molecular weight excluding hydrogens is 308 g/mol. The standard InChI is InChI=1S/C13H14N4O2S2/c18-21(19)6-10-11(7-21)17(13(20)16-10)5-12-14-8-3-1-2-4-9(8)15-12/h1-4,10-11H,5-7H2,(H,14,15)(H,16,20)/t10-,11+/m0/s1. The summed E-state index contributed by atoms with van der Waals surface area (Å²) in [7, 11) is -2.97. The van der Waals surface area contributed by atoms with E-state index in [1.54, 1.807) is 0 Å². The maximum absolute atomic E-state index is 11.8. The summed E-state index contributed by atoms with van der Waals surface area (Å²) in [5, 5.41) is 3.72. The SMILES string of the molecule is O=S1(=O)C[C@@H]2NC(=S)N(Cc3nc4ccccc4[nH]3)[C@@H]2C1. The van der Waals surface area contributed by atoms with Crippen LogP contribution in [-0.4, -0.2) is 52.0 Å². The van der Waals surface area contributed by atoms with Gasteiger partial charge in [-0.3, -0.25) is 0 Å². The molecule has 21 heavy (non-hydrogen) atoms. The zero-order valence-electron chi connectivity index (χ0n) is 11.1. The number of benzene rings is 1. The van der Waals surface area contributed by atoms with Crippen molar-refractivity contribution in [1.29, 1.82) is 0 Å². The lowest BCUT2D eigenvalue weighted by molar-refractivity contribution is 0.342. The number of aromatic amines is 1. The van der Waals surface area contributed by atoms with Crippen LogP contribution in [0.4, 0.5) is 0 Å². The molecule has 2 aromatic rings. The zero-order valence-corrected chi connectivity index (χ0v) is 12.7. The number of nitrogens with one attached hydrogen (secondary N) is 2. The van der Waals surface area contributed by atoms with Gasteiger partial charge in [0.05, 0.1) is 41.2 Å².